The van der Waals surface area contributed by atoms with Crippen LogP contribution in [-0.2, 0) is 9.53 Å². The normalized spacial score (nSPS) is 25.4. The number of carbonyl (C=O) groups is 1. The highest BCUT2D eigenvalue weighted by atomic mass is 16.5. The number of methoxy groups -OCH3 is 1. The SMILES string of the molecule is CNCC1CCCN1CC(C)(O)C(=O)OC. The van der Waals surface area contributed by atoms with E-state index in [9.17, 15) is 9.90 Å². The van der Waals surface area contributed by atoms with Crippen LogP contribution in [0.4, 0.5) is 0 Å². The summed E-state index contributed by atoms with van der Waals surface area (Å²) in [7, 11) is 3.21. The van der Waals surface area contributed by atoms with Gasteiger partial charge in [0.25, 0.3) is 0 Å². The number of esters is 1. The topological polar surface area (TPSA) is 61.8 Å². The third kappa shape index (κ3) is 3.17. The van der Waals surface area contributed by atoms with Gasteiger partial charge in [0.15, 0.2) is 5.60 Å². The maximum absolute atomic E-state index is 11.4. The number of ether oxygens (including phenoxy) is 1. The summed E-state index contributed by atoms with van der Waals surface area (Å²) in [5.41, 5.74) is -1.41. The van der Waals surface area contributed by atoms with Crippen molar-refractivity contribution in [3.05, 3.63) is 0 Å². The van der Waals surface area contributed by atoms with Crippen molar-refractivity contribution < 1.29 is 14.6 Å². The number of likely N-dealkylation sites (tertiary alicyclic amines) is 1. The summed E-state index contributed by atoms with van der Waals surface area (Å²) in [6, 6.07) is 0.404. The van der Waals surface area contributed by atoms with E-state index in [1.807, 2.05) is 7.05 Å². The van der Waals surface area contributed by atoms with E-state index in [1.54, 1.807) is 0 Å². The van der Waals surface area contributed by atoms with Crippen LogP contribution in [0.2, 0.25) is 0 Å². The second-order valence-corrected chi connectivity index (χ2v) is 4.59. The maximum Gasteiger partial charge on any atom is 0.338 e. The molecule has 5 heteroatoms. The molecule has 0 bridgehead atoms. The van der Waals surface area contributed by atoms with Crippen molar-refractivity contribution in [2.45, 2.75) is 31.4 Å². The number of aliphatic hydroxyl groups is 1. The fourth-order valence-corrected chi connectivity index (χ4v) is 2.25. The Bertz CT molecular complexity index is 243. The van der Waals surface area contributed by atoms with Crippen molar-refractivity contribution in [3.63, 3.8) is 0 Å². The van der Waals surface area contributed by atoms with Gasteiger partial charge >= 0.3 is 5.97 Å². The van der Waals surface area contributed by atoms with Gasteiger partial charge in [-0.3, -0.25) is 4.90 Å². The van der Waals surface area contributed by atoms with Crippen molar-refractivity contribution in [3.8, 4) is 0 Å². The average molecular weight is 230 g/mol. The Labute approximate surface area is 96.8 Å². The molecule has 5 nitrogen and oxygen atoms in total. The highest BCUT2D eigenvalue weighted by Gasteiger charge is 2.37. The molecule has 0 aromatic rings. The number of hydrogen-bond acceptors (Lipinski definition) is 5. The van der Waals surface area contributed by atoms with Gasteiger partial charge in [-0.1, -0.05) is 0 Å². The quantitative estimate of drug-likeness (QED) is 0.629. The van der Waals surface area contributed by atoms with Crippen molar-refractivity contribution in [1.29, 1.82) is 0 Å². The molecule has 94 valence electrons. The molecular weight excluding hydrogens is 208 g/mol. The van der Waals surface area contributed by atoms with Gasteiger partial charge in [-0.2, -0.15) is 0 Å². The molecule has 1 fully saturated rings. The van der Waals surface area contributed by atoms with E-state index in [2.05, 4.69) is 15.0 Å². The summed E-state index contributed by atoms with van der Waals surface area (Å²) < 4.78 is 4.59. The predicted octanol–water partition coefficient (Wildman–Crippen LogP) is -0.406. The van der Waals surface area contributed by atoms with Gasteiger partial charge in [-0.25, -0.2) is 4.79 Å². The van der Waals surface area contributed by atoms with E-state index in [1.165, 1.54) is 14.0 Å². The molecule has 0 aromatic heterocycles. The van der Waals surface area contributed by atoms with Crippen molar-refractivity contribution in [2.24, 2.45) is 0 Å². The lowest BCUT2D eigenvalue weighted by atomic mass is 10.1. The van der Waals surface area contributed by atoms with Crippen LogP contribution in [0.25, 0.3) is 0 Å². The second-order valence-electron chi connectivity index (χ2n) is 4.59. The van der Waals surface area contributed by atoms with E-state index in [0.717, 1.165) is 25.9 Å². The zero-order chi connectivity index (χ0) is 12.2. The van der Waals surface area contributed by atoms with Gasteiger partial charge in [-0.05, 0) is 33.4 Å². The molecule has 0 aromatic carbocycles. The Morgan fingerprint density at radius 2 is 2.38 bits per heavy atom. The van der Waals surface area contributed by atoms with Gasteiger partial charge in [0, 0.05) is 19.1 Å². The van der Waals surface area contributed by atoms with Gasteiger partial charge in [-0.15, -0.1) is 0 Å². The zero-order valence-corrected chi connectivity index (χ0v) is 10.3. The lowest BCUT2D eigenvalue weighted by molar-refractivity contribution is -0.162. The van der Waals surface area contributed by atoms with E-state index >= 15 is 0 Å². The van der Waals surface area contributed by atoms with Crippen LogP contribution >= 0.6 is 0 Å². The number of β-amino-alcohol motifs (C(OH)–C–C–N with tert-alkyl or cyclic N) is 1. The van der Waals surface area contributed by atoms with Crippen LogP contribution < -0.4 is 5.32 Å². The van der Waals surface area contributed by atoms with Crippen LogP contribution in [0.1, 0.15) is 19.8 Å². The lowest BCUT2D eigenvalue weighted by Crippen LogP contribution is -2.50. The molecule has 2 atom stereocenters. The molecule has 0 aliphatic carbocycles. The Hall–Kier alpha value is -0.650. The first kappa shape index (κ1) is 13.4. The number of rotatable bonds is 5. The number of likely N-dealkylation sites (N-methyl/N-ethyl adjacent to an activating group) is 1. The van der Waals surface area contributed by atoms with Crippen molar-refractivity contribution >= 4 is 5.97 Å². The molecule has 1 rings (SSSR count). The summed E-state index contributed by atoms with van der Waals surface area (Å²) >= 11 is 0. The van der Waals surface area contributed by atoms with Crippen LogP contribution in [0, 0.1) is 0 Å². The Balaban J connectivity index is 2.55. The van der Waals surface area contributed by atoms with Gasteiger partial charge in [0.1, 0.15) is 0 Å². The third-order valence-corrected chi connectivity index (χ3v) is 3.07. The molecule has 2 N–H and O–H groups in total. The number of nitrogens with zero attached hydrogens (tertiary/aromatic N) is 1. The summed E-state index contributed by atoms with van der Waals surface area (Å²) in [6.07, 6.45) is 2.22. The van der Waals surface area contributed by atoms with Gasteiger partial charge in [0.2, 0.25) is 0 Å². The maximum atomic E-state index is 11.4. The zero-order valence-electron chi connectivity index (χ0n) is 10.3. The molecule has 0 saturated carbocycles. The van der Waals surface area contributed by atoms with Gasteiger partial charge < -0.3 is 15.2 Å². The summed E-state index contributed by atoms with van der Waals surface area (Å²) in [5.74, 6) is -0.567. The first-order valence-electron chi connectivity index (χ1n) is 5.70. The fraction of sp³-hybridized carbons (Fsp3) is 0.909. The van der Waals surface area contributed by atoms with Crippen molar-refractivity contribution in [1.82, 2.24) is 10.2 Å². The van der Waals surface area contributed by atoms with Crippen LogP contribution in [0.3, 0.4) is 0 Å². The molecule has 2 unspecified atom stereocenters. The van der Waals surface area contributed by atoms with E-state index in [0.29, 0.717) is 12.6 Å². The van der Waals surface area contributed by atoms with E-state index in [-0.39, 0.29) is 0 Å². The molecule has 1 heterocycles. The first-order valence-corrected chi connectivity index (χ1v) is 5.70. The Morgan fingerprint density at radius 1 is 1.69 bits per heavy atom. The predicted molar refractivity (Wildman–Crippen MR) is 61.2 cm³/mol. The van der Waals surface area contributed by atoms with E-state index in [4.69, 9.17) is 0 Å². The molecule has 0 radical (unpaired) electrons. The van der Waals surface area contributed by atoms with Crippen LogP contribution in [0.5, 0.6) is 0 Å². The smallest absolute Gasteiger partial charge is 0.338 e. The molecule has 1 aliphatic rings. The fourth-order valence-electron chi connectivity index (χ4n) is 2.25. The number of carbonyl (C=O) groups excluding carboxylic acids is 1. The Kier molecular flexibility index (Phi) is 4.70. The minimum atomic E-state index is -1.41. The standard InChI is InChI=1S/C11H22N2O3/c1-11(15,10(14)16-3)8-13-6-4-5-9(13)7-12-2/h9,12,15H,4-8H2,1-3H3. The molecule has 0 spiro atoms. The minimum Gasteiger partial charge on any atom is -0.467 e. The summed E-state index contributed by atoms with van der Waals surface area (Å²) in [6.45, 7) is 3.66. The molecular formula is C11H22N2O3. The van der Waals surface area contributed by atoms with Gasteiger partial charge in [0.05, 0.1) is 7.11 Å². The molecule has 16 heavy (non-hydrogen) atoms. The molecule has 1 saturated heterocycles. The first-order chi connectivity index (χ1) is 7.51. The summed E-state index contributed by atoms with van der Waals surface area (Å²) in [4.78, 5) is 13.5. The van der Waals surface area contributed by atoms with E-state index < -0.39 is 11.6 Å². The highest BCUT2D eigenvalue weighted by Crippen LogP contribution is 2.20. The monoisotopic (exact) mass is 230 g/mol. The molecule has 1 aliphatic heterocycles. The molecule has 0 amide bonds. The van der Waals surface area contributed by atoms with Crippen LogP contribution in [-0.4, -0.2) is 61.4 Å². The van der Waals surface area contributed by atoms with Crippen molar-refractivity contribution in [2.75, 3.05) is 33.8 Å². The second kappa shape index (κ2) is 5.61. The average Bonchev–Trinajstić information content (AvgIpc) is 2.64. The lowest BCUT2D eigenvalue weighted by Gasteiger charge is -2.30. The number of hydrogen-bond donors (Lipinski definition) is 2. The largest absolute Gasteiger partial charge is 0.467 e. The third-order valence-electron chi connectivity index (χ3n) is 3.07. The van der Waals surface area contributed by atoms with Crippen LogP contribution in [0.15, 0.2) is 0 Å². The highest BCUT2D eigenvalue weighted by molar-refractivity contribution is 5.78. The minimum absolute atomic E-state index is 0.339. The summed E-state index contributed by atoms with van der Waals surface area (Å²) in [5, 5.41) is 13.1. The number of nitrogens with one attached hydrogen (secondary N) is 1. The Morgan fingerprint density at radius 3 is 2.94 bits per heavy atom.